The summed E-state index contributed by atoms with van der Waals surface area (Å²) in [4.78, 5) is 41.2. The van der Waals surface area contributed by atoms with Crippen molar-refractivity contribution in [2.24, 2.45) is 5.92 Å². The molecule has 4 aromatic rings. The number of hydrogen-bond donors (Lipinski definition) is 0. The summed E-state index contributed by atoms with van der Waals surface area (Å²) in [7, 11) is 0. The fourth-order valence-electron chi connectivity index (χ4n) is 3.57. The summed E-state index contributed by atoms with van der Waals surface area (Å²) in [6.45, 7) is 4.23. The summed E-state index contributed by atoms with van der Waals surface area (Å²) in [6, 6.07) is 11.4. The highest BCUT2D eigenvalue weighted by Crippen LogP contribution is 2.17. The second-order valence-corrected chi connectivity index (χ2v) is 7.87. The molecule has 0 aliphatic rings. The Bertz CT molecular complexity index is 1420. The minimum Gasteiger partial charge on any atom is -0.320 e. The molecule has 9 nitrogen and oxygen atoms in total. The predicted molar refractivity (Wildman–Crippen MR) is 117 cm³/mol. The molecule has 0 aliphatic carbocycles. The number of nitrogens with zero attached hydrogens (tertiary/aromatic N) is 5. The maximum absolute atomic E-state index is 13.5. The van der Waals surface area contributed by atoms with E-state index in [2.05, 4.69) is 4.98 Å². The number of benzene rings is 2. The smallest absolute Gasteiger partial charge is 0.320 e. The molecule has 0 spiro atoms. The van der Waals surface area contributed by atoms with Crippen molar-refractivity contribution < 1.29 is 9.31 Å². The van der Waals surface area contributed by atoms with Gasteiger partial charge in [-0.3, -0.25) is 19.5 Å². The van der Waals surface area contributed by atoms with Crippen LogP contribution in [0.25, 0.3) is 16.9 Å². The monoisotopic (exact) mass is 437 g/mol. The third-order valence-electron chi connectivity index (χ3n) is 5.03. The quantitative estimate of drug-likeness (QED) is 0.340. The maximum atomic E-state index is 13.5. The van der Waals surface area contributed by atoms with Crippen LogP contribution in [0.4, 0.5) is 10.1 Å². The molecule has 0 aliphatic heterocycles. The molecular weight excluding hydrogens is 417 g/mol. The van der Waals surface area contributed by atoms with E-state index >= 15 is 0 Å². The van der Waals surface area contributed by atoms with Crippen LogP contribution >= 0.6 is 0 Å². The van der Waals surface area contributed by atoms with Gasteiger partial charge in [-0.1, -0.05) is 26.0 Å². The molecule has 0 unspecified atom stereocenters. The van der Waals surface area contributed by atoms with E-state index in [4.69, 9.17) is 0 Å². The number of nitro benzene ring substituents is 1. The molecule has 2 heterocycles. The van der Waals surface area contributed by atoms with E-state index in [1.54, 1.807) is 16.7 Å². The maximum Gasteiger partial charge on any atom is 0.337 e. The Labute approximate surface area is 181 Å². The Hall–Kier alpha value is -4.08. The molecule has 0 bridgehead atoms. The normalized spacial score (nSPS) is 11.4. The number of halogens is 1. The van der Waals surface area contributed by atoms with Crippen LogP contribution < -0.4 is 11.2 Å². The predicted octanol–water partition coefficient (Wildman–Crippen LogP) is 3.10. The van der Waals surface area contributed by atoms with Gasteiger partial charge in [0.2, 0.25) is 0 Å². The van der Waals surface area contributed by atoms with E-state index in [-0.39, 0.29) is 35.9 Å². The average molecular weight is 437 g/mol. The van der Waals surface area contributed by atoms with E-state index in [0.717, 1.165) is 10.1 Å². The fraction of sp³-hybridized carbons (Fsp3) is 0.227. The van der Waals surface area contributed by atoms with Gasteiger partial charge in [0.1, 0.15) is 5.82 Å². The van der Waals surface area contributed by atoms with Gasteiger partial charge in [0.05, 0.1) is 16.9 Å². The van der Waals surface area contributed by atoms with Crippen LogP contribution in [0.2, 0.25) is 0 Å². The van der Waals surface area contributed by atoms with E-state index in [0.29, 0.717) is 5.69 Å². The summed E-state index contributed by atoms with van der Waals surface area (Å²) >= 11 is 0. The first-order valence-electron chi connectivity index (χ1n) is 9.96. The summed E-state index contributed by atoms with van der Waals surface area (Å²) in [5.74, 6) is -0.414. The van der Waals surface area contributed by atoms with Gasteiger partial charge < -0.3 is 4.57 Å². The molecule has 0 saturated carbocycles. The number of fused-ring (bicyclic) bond motifs is 1. The second-order valence-electron chi connectivity index (χ2n) is 7.87. The highest BCUT2D eigenvalue weighted by molar-refractivity contribution is 5.72. The molecule has 0 N–H and O–H groups in total. The van der Waals surface area contributed by atoms with Crippen molar-refractivity contribution in [3.63, 3.8) is 0 Å². The van der Waals surface area contributed by atoms with Gasteiger partial charge in [-0.15, -0.1) is 0 Å². The lowest BCUT2D eigenvalue weighted by molar-refractivity contribution is -0.384. The van der Waals surface area contributed by atoms with Crippen molar-refractivity contribution in [1.29, 1.82) is 0 Å². The van der Waals surface area contributed by atoms with Crippen molar-refractivity contribution in [1.82, 2.24) is 18.7 Å². The first kappa shape index (κ1) is 21.2. The van der Waals surface area contributed by atoms with E-state index in [1.807, 2.05) is 13.8 Å². The van der Waals surface area contributed by atoms with Crippen LogP contribution in [-0.2, 0) is 13.1 Å². The molecule has 0 atom stereocenters. The Kier molecular flexibility index (Phi) is 5.43. The van der Waals surface area contributed by atoms with Gasteiger partial charge >= 0.3 is 5.69 Å². The minimum atomic E-state index is -0.552. The standard InChI is InChI=1S/C22H20FN5O4/c1-14(2)11-26-21(29)19-20(27(22(26)30)17-9-5-16(23)6-10-17)24-13-25(19)12-15-3-7-18(8-4-15)28(31)32/h3-10,13-14H,11-12H2,1-2H3. The van der Waals surface area contributed by atoms with Crippen molar-refractivity contribution in [3.05, 3.63) is 97.2 Å². The van der Waals surface area contributed by atoms with Crippen LogP contribution in [0, 0.1) is 21.8 Å². The largest absolute Gasteiger partial charge is 0.337 e. The van der Waals surface area contributed by atoms with Gasteiger partial charge in [-0.05, 0) is 35.7 Å². The molecule has 0 amide bonds. The highest BCUT2D eigenvalue weighted by atomic mass is 19.1. The Morgan fingerprint density at radius 1 is 1.06 bits per heavy atom. The third-order valence-corrected chi connectivity index (χ3v) is 5.03. The van der Waals surface area contributed by atoms with E-state index < -0.39 is 22.0 Å². The third kappa shape index (κ3) is 3.82. The molecular formula is C22H20FN5O4. The number of imidazole rings is 1. The van der Waals surface area contributed by atoms with Crippen molar-refractivity contribution in [3.8, 4) is 5.69 Å². The molecule has 0 fully saturated rings. The molecule has 4 rings (SSSR count). The Morgan fingerprint density at radius 2 is 1.72 bits per heavy atom. The van der Waals surface area contributed by atoms with Crippen molar-refractivity contribution in [2.45, 2.75) is 26.9 Å². The van der Waals surface area contributed by atoms with Gasteiger partial charge in [-0.2, -0.15) is 0 Å². The van der Waals surface area contributed by atoms with Gasteiger partial charge in [-0.25, -0.2) is 18.7 Å². The molecule has 10 heteroatoms. The number of nitro groups is 1. The van der Waals surface area contributed by atoms with Crippen molar-refractivity contribution in [2.75, 3.05) is 0 Å². The molecule has 32 heavy (non-hydrogen) atoms. The van der Waals surface area contributed by atoms with Crippen LogP contribution in [0.5, 0.6) is 0 Å². The van der Waals surface area contributed by atoms with Crippen molar-refractivity contribution >= 4 is 16.9 Å². The lowest BCUT2D eigenvalue weighted by Crippen LogP contribution is -2.41. The first-order chi connectivity index (χ1) is 15.3. The highest BCUT2D eigenvalue weighted by Gasteiger charge is 2.20. The van der Waals surface area contributed by atoms with Gasteiger partial charge in [0.15, 0.2) is 11.2 Å². The molecule has 0 saturated heterocycles. The topological polar surface area (TPSA) is 105 Å². The molecule has 2 aromatic carbocycles. The van der Waals surface area contributed by atoms with Crippen LogP contribution in [0.1, 0.15) is 19.4 Å². The Morgan fingerprint density at radius 3 is 2.31 bits per heavy atom. The number of non-ortho nitro benzene ring substituents is 1. The summed E-state index contributed by atoms with van der Waals surface area (Å²) in [5.41, 5.74) is 0.429. The number of aromatic nitrogens is 4. The number of hydrogen-bond acceptors (Lipinski definition) is 5. The molecule has 164 valence electrons. The number of rotatable bonds is 6. The average Bonchev–Trinajstić information content (AvgIpc) is 3.16. The SMILES string of the molecule is CC(C)Cn1c(=O)c2c(ncn2Cc2ccc([N+](=O)[O-])cc2)n(-c2ccc(F)cc2)c1=O. The zero-order valence-corrected chi connectivity index (χ0v) is 17.4. The summed E-state index contributed by atoms with van der Waals surface area (Å²) in [6.07, 6.45) is 1.45. The fourth-order valence-corrected chi connectivity index (χ4v) is 3.57. The zero-order chi connectivity index (χ0) is 23.0. The van der Waals surface area contributed by atoms with Crippen LogP contribution in [-0.4, -0.2) is 23.6 Å². The first-order valence-corrected chi connectivity index (χ1v) is 9.96. The van der Waals surface area contributed by atoms with Gasteiger partial charge in [0, 0.05) is 25.2 Å². The zero-order valence-electron chi connectivity index (χ0n) is 17.4. The Balaban J connectivity index is 1.92. The van der Waals surface area contributed by atoms with E-state index in [1.165, 1.54) is 47.3 Å². The van der Waals surface area contributed by atoms with E-state index in [9.17, 15) is 24.1 Å². The lowest BCUT2D eigenvalue weighted by atomic mass is 10.2. The second kappa shape index (κ2) is 8.22. The van der Waals surface area contributed by atoms with Gasteiger partial charge in [0.25, 0.3) is 11.2 Å². The summed E-state index contributed by atoms with van der Waals surface area (Å²) < 4.78 is 17.5. The van der Waals surface area contributed by atoms with Crippen LogP contribution in [0.15, 0.2) is 64.4 Å². The lowest BCUT2D eigenvalue weighted by Gasteiger charge is -2.14. The molecule has 2 aromatic heterocycles. The molecule has 0 radical (unpaired) electrons. The minimum absolute atomic E-state index is 0.0329. The van der Waals surface area contributed by atoms with Crippen LogP contribution in [0.3, 0.4) is 0 Å². The summed E-state index contributed by atoms with van der Waals surface area (Å²) in [5, 5.41) is 10.9.